The fraction of sp³-hybridized carbons (Fsp3) is 0.429. The number of hydrogen-bond acceptors (Lipinski definition) is 7. The zero-order chi connectivity index (χ0) is 15.7. The number of nitrogens with two attached hydrogens (primary N) is 1. The van der Waals surface area contributed by atoms with Gasteiger partial charge in [-0.05, 0) is 13.3 Å². The first-order chi connectivity index (χ1) is 10.5. The van der Waals surface area contributed by atoms with Gasteiger partial charge < -0.3 is 15.7 Å². The molecule has 0 radical (unpaired) electrons. The highest BCUT2D eigenvalue weighted by Gasteiger charge is 2.33. The summed E-state index contributed by atoms with van der Waals surface area (Å²) in [5.41, 5.74) is 7.19. The summed E-state index contributed by atoms with van der Waals surface area (Å²) in [5, 5.41) is 10.8. The number of nitrogens with zero attached hydrogens (tertiary/aromatic N) is 5. The summed E-state index contributed by atoms with van der Waals surface area (Å²) < 4.78 is 0. The van der Waals surface area contributed by atoms with Gasteiger partial charge in [0, 0.05) is 37.6 Å². The number of hydrogen-bond donors (Lipinski definition) is 2. The number of halogens is 1. The van der Waals surface area contributed by atoms with Gasteiger partial charge in [-0.1, -0.05) is 11.6 Å². The van der Waals surface area contributed by atoms with E-state index in [2.05, 4.69) is 19.9 Å². The maximum absolute atomic E-state index is 10.3. The lowest BCUT2D eigenvalue weighted by Gasteiger charge is -2.19. The number of aryl methyl sites for hydroxylation is 1. The number of β-amino-alcohol motifs (C(OH)–C–C–N with tert-alkyl or cyclic N) is 1. The Bertz CT molecular complexity index is 668. The molecule has 2 aromatic heterocycles. The molecule has 0 unspecified atom stereocenters. The van der Waals surface area contributed by atoms with Crippen molar-refractivity contribution in [3.8, 4) is 0 Å². The molecule has 22 heavy (non-hydrogen) atoms. The van der Waals surface area contributed by atoms with Gasteiger partial charge in [0.15, 0.2) is 5.82 Å². The minimum Gasteiger partial charge on any atom is -0.391 e. The molecule has 0 amide bonds. The molecule has 0 aromatic carbocycles. The third kappa shape index (κ3) is 2.95. The van der Waals surface area contributed by atoms with E-state index in [9.17, 15) is 5.11 Å². The molecule has 3 N–H and O–H groups in total. The minimum absolute atomic E-state index is 0.0456. The Kier molecular flexibility index (Phi) is 4.08. The van der Waals surface area contributed by atoms with Crippen molar-refractivity contribution in [3.05, 3.63) is 35.0 Å². The van der Waals surface area contributed by atoms with E-state index < -0.39 is 6.10 Å². The molecule has 1 saturated heterocycles. The van der Waals surface area contributed by atoms with E-state index in [-0.39, 0.29) is 11.9 Å². The second-order valence-corrected chi connectivity index (χ2v) is 5.82. The monoisotopic (exact) mass is 320 g/mol. The second kappa shape index (κ2) is 6.02. The number of nitrogen functional groups attached to an aromatic ring is 1. The average molecular weight is 321 g/mol. The zero-order valence-electron chi connectivity index (χ0n) is 12.1. The van der Waals surface area contributed by atoms with E-state index in [1.807, 2.05) is 4.90 Å². The Morgan fingerprint density at radius 2 is 2.18 bits per heavy atom. The fourth-order valence-electron chi connectivity index (χ4n) is 2.71. The van der Waals surface area contributed by atoms with Crippen molar-refractivity contribution >= 4 is 23.4 Å². The van der Waals surface area contributed by atoms with Crippen molar-refractivity contribution in [2.24, 2.45) is 5.92 Å². The van der Waals surface area contributed by atoms with Gasteiger partial charge in [-0.15, -0.1) is 0 Å². The van der Waals surface area contributed by atoms with Crippen LogP contribution in [0.5, 0.6) is 0 Å². The summed E-state index contributed by atoms with van der Waals surface area (Å²) in [6.07, 6.45) is 5.18. The van der Waals surface area contributed by atoms with Crippen LogP contribution in [0.3, 0.4) is 0 Å². The van der Waals surface area contributed by atoms with E-state index in [0.717, 1.165) is 5.69 Å². The van der Waals surface area contributed by atoms with Crippen LogP contribution in [0.2, 0.25) is 5.02 Å². The van der Waals surface area contributed by atoms with Crippen molar-refractivity contribution in [2.45, 2.75) is 19.4 Å². The molecule has 8 heteroatoms. The first-order valence-electron chi connectivity index (χ1n) is 7.02. The lowest BCUT2D eigenvalue weighted by atomic mass is 10.0. The first kappa shape index (κ1) is 14.9. The molecule has 2 aromatic rings. The Hall–Kier alpha value is -1.99. The van der Waals surface area contributed by atoms with Crippen LogP contribution >= 0.6 is 11.6 Å². The molecule has 2 atom stereocenters. The van der Waals surface area contributed by atoms with Gasteiger partial charge in [0.1, 0.15) is 5.02 Å². The highest BCUT2D eigenvalue weighted by atomic mass is 35.5. The van der Waals surface area contributed by atoms with Gasteiger partial charge in [0.2, 0.25) is 5.95 Å². The Balaban J connectivity index is 1.79. The van der Waals surface area contributed by atoms with Crippen molar-refractivity contribution in [1.82, 2.24) is 19.9 Å². The Morgan fingerprint density at radius 3 is 2.91 bits per heavy atom. The summed E-state index contributed by atoms with van der Waals surface area (Å²) in [6.45, 7) is 2.88. The Labute approximate surface area is 133 Å². The van der Waals surface area contributed by atoms with Gasteiger partial charge >= 0.3 is 0 Å². The maximum Gasteiger partial charge on any atom is 0.222 e. The quantitative estimate of drug-likeness (QED) is 0.864. The lowest BCUT2D eigenvalue weighted by molar-refractivity contribution is 0.147. The van der Waals surface area contributed by atoms with Crippen molar-refractivity contribution < 1.29 is 5.11 Å². The maximum atomic E-state index is 10.3. The normalized spacial score (nSPS) is 21.3. The number of anilines is 2. The molecule has 0 saturated carbocycles. The molecule has 3 rings (SSSR count). The molecule has 0 bridgehead atoms. The second-order valence-electron chi connectivity index (χ2n) is 5.44. The molecule has 3 heterocycles. The van der Waals surface area contributed by atoms with E-state index in [4.69, 9.17) is 17.3 Å². The van der Waals surface area contributed by atoms with Crippen LogP contribution < -0.4 is 10.6 Å². The molecule has 1 fully saturated rings. The smallest absolute Gasteiger partial charge is 0.222 e. The van der Waals surface area contributed by atoms with Crippen LogP contribution in [0.15, 0.2) is 18.6 Å². The number of aromatic nitrogens is 4. The predicted molar refractivity (Wildman–Crippen MR) is 83.6 cm³/mol. The van der Waals surface area contributed by atoms with Gasteiger partial charge in [-0.3, -0.25) is 9.97 Å². The largest absolute Gasteiger partial charge is 0.391 e. The molecular weight excluding hydrogens is 304 g/mol. The van der Waals surface area contributed by atoms with Gasteiger partial charge in [-0.25, -0.2) is 4.98 Å². The van der Waals surface area contributed by atoms with Gasteiger partial charge in [-0.2, -0.15) is 4.98 Å². The summed E-state index contributed by atoms with van der Waals surface area (Å²) in [6, 6.07) is 0. The van der Waals surface area contributed by atoms with Crippen molar-refractivity contribution in [3.63, 3.8) is 0 Å². The van der Waals surface area contributed by atoms with Gasteiger partial charge in [0.25, 0.3) is 0 Å². The summed E-state index contributed by atoms with van der Waals surface area (Å²) in [7, 11) is 0. The summed E-state index contributed by atoms with van der Waals surface area (Å²) >= 11 is 6.27. The van der Waals surface area contributed by atoms with Crippen LogP contribution in [0.1, 0.15) is 11.4 Å². The van der Waals surface area contributed by atoms with Crippen LogP contribution in [-0.2, 0) is 6.42 Å². The third-order valence-corrected chi connectivity index (χ3v) is 4.25. The first-order valence-corrected chi connectivity index (χ1v) is 7.40. The SMILES string of the molecule is Cc1nc(N)nc(N2C[C@@H](Cc3cnccn3)[C@H](O)C2)c1Cl. The number of aliphatic hydroxyl groups excluding tert-OH is 1. The van der Waals surface area contributed by atoms with Crippen molar-refractivity contribution in [2.75, 3.05) is 23.7 Å². The fourth-order valence-corrected chi connectivity index (χ4v) is 2.91. The van der Waals surface area contributed by atoms with E-state index in [1.165, 1.54) is 0 Å². The van der Waals surface area contributed by atoms with E-state index >= 15 is 0 Å². The standard InChI is InChI=1S/C14H17ClN6O/c1-8-12(15)13(20-14(16)19-8)21-6-9(11(22)7-21)4-10-5-17-2-3-18-10/h2-3,5,9,11,22H,4,6-7H2,1H3,(H2,16,19,20)/t9-,11-/m1/s1. The third-order valence-electron chi connectivity index (χ3n) is 3.81. The van der Waals surface area contributed by atoms with Crippen LogP contribution in [0, 0.1) is 12.8 Å². The highest BCUT2D eigenvalue weighted by Crippen LogP contribution is 2.31. The minimum atomic E-state index is -0.477. The molecule has 0 aliphatic carbocycles. The Morgan fingerprint density at radius 1 is 1.36 bits per heavy atom. The van der Waals surface area contributed by atoms with Crippen LogP contribution in [0.4, 0.5) is 11.8 Å². The molecular formula is C14H17ClN6O. The summed E-state index contributed by atoms with van der Waals surface area (Å²) in [4.78, 5) is 18.5. The van der Waals surface area contributed by atoms with Crippen LogP contribution in [0.25, 0.3) is 0 Å². The molecule has 1 aliphatic heterocycles. The lowest BCUT2D eigenvalue weighted by Crippen LogP contribution is -2.23. The van der Waals surface area contributed by atoms with Gasteiger partial charge in [0.05, 0.1) is 17.5 Å². The summed E-state index contributed by atoms with van der Waals surface area (Å²) in [5.74, 6) is 0.806. The highest BCUT2D eigenvalue weighted by molar-refractivity contribution is 6.33. The number of aliphatic hydroxyl groups is 1. The molecule has 7 nitrogen and oxygen atoms in total. The topological polar surface area (TPSA) is 101 Å². The zero-order valence-corrected chi connectivity index (χ0v) is 12.9. The molecule has 1 aliphatic rings. The molecule has 116 valence electrons. The molecule has 0 spiro atoms. The van der Waals surface area contributed by atoms with E-state index in [1.54, 1.807) is 25.5 Å². The predicted octanol–water partition coefficient (Wildman–Crippen LogP) is 0.850. The average Bonchev–Trinajstić information content (AvgIpc) is 2.85. The van der Waals surface area contributed by atoms with Crippen molar-refractivity contribution in [1.29, 1.82) is 0 Å². The van der Waals surface area contributed by atoms with Crippen LogP contribution in [-0.4, -0.2) is 44.2 Å². The number of rotatable bonds is 3. The van der Waals surface area contributed by atoms with E-state index in [0.29, 0.717) is 36.0 Å².